The smallest absolute Gasteiger partial charge is 0.227 e. The molecule has 0 saturated carbocycles. The van der Waals surface area contributed by atoms with Crippen LogP contribution in [-0.2, 0) is 11.2 Å². The third kappa shape index (κ3) is 1.76. The highest BCUT2D eigenvalue weighted by molar-refractivity contribution is 5.96. The van der Waals surface area contributed by atoms with Crippen LogP contribution < -0.4 is 9.80 Å². The van der Waals surface area contributed by atoms with Gasteiger partial charge in [0.1, 0.15) is 6.73 Å². The lowest BCUT2D eigenvalue weighted by atomic mass is 10.0. The molecule has 4 nitrogen and oxygen atoms in total. The zero-order chi connectivity index (χ0) is 11.7. The average molecular weight is 220 g/mol. The lowest BCUT2D eigenvalue weighted by molar-refractivity contribution is -0.118. The zero-order valence-electron chi connectivity index (χ0n) is 9.60. The van der Waals surface area contributed by atoms with Gasteiger partial charge in [0, 0.05) is 31.9 Å². The Kier molecular flexibility index (Phi) is 2.83. The van der Waals surface area contributed by atoms with Gasteiger partial charge in [-0.3, -0.25) is 4.79 Å². The van der Waals surface area contributed by atoms with Gasteiger partial charge < -0.3 is 14.9 Å². The number of aliphatic hydroxyl groups excluding tert-OH is 1. The van der Waals surface area contributed by atoms with Crippen molar-refractivity contribution in [1.82, 2.24) is 0 Å². The SMILES string of the molecule is CN(CO)c1ccc2c(c1)CCC(=O)N2C. The predicted molar refractivity (Wildman–Crippen MR) is 63.7 cm³/mol. The van der Waals surface area contributed by atoms with Crippen LogP contribution in [0.15, 0.2) is 18.2 Å². The molecule has 0 fully saturated rings. The second kappa shape index (κ2) is 4.14. The van der Waals surface area contributed by atoms with Crippen LogP contribution in [0.4, 0.5) is 11.4 Å². The van der Waals surface area contributed by atoms with Gasteiger partial charge in [-0.1, -0.05) is 0 Å². The summed E-state index contributed by atoms with van der Waals surface area (Å²) in [5, 5.41) is 9.05. The van der Waals surface area contributed by atoms with Crippen LogP contribution in [0.1, 0.15) is 12.0 Å². The molecule has 0 bridgehead atoms. The first-order chi connectivity index (χ1) is 7.63. The minimum Gasteiger partial charge on any atom is -0.376 e. The van der Waals surface area contributed by atoms with Gasteiger partial charge in [0.25, 0.3) is 0 Å². The molecule has 1 aromatic rings. The molecule has 0 atom stereocenters. The van der Waals surface area contributed by atoms with E-state index in [4.69, 9.17) is 5.11 Å². The van der Waals surface area contributed by atoms with E-state index in [1.807, 2.05) is 25.2 Å². The van der Waals surface area contributed by atoms with Crippen molar-refractivity contribution < 1.29 is 9.90 Å². The van der Waals surface area contributed by atoms with E-state index in [1.54, 1.807) is 16.8 Å². The maximum Gasteiger partial charge on any atom is 0.227 e. The molecule has 1 aliphatic rings. The third-order valence-electron chi connectivity index (χ3n) is 3.06. The van der Waals surface area contributed by atoms with Crippen LogP contribution >= 0.6 is 0 Å². The summed E-state index contributed by atoms with van der Waals surface area (Å²) in [6.45, 7) is -0.00639. The van der Waals surface area contributed by atoms with E-state index in [0.717, 1.165) is 17.8 Å². The van der Waals surface area contributed by atoms with Crippen LogP contribution in [0.3, 0.4) is 0 Å². The molecule has 1 N–H and O–H groups in total. The number of amides is 1. The number of aryl methyl sites for hydroxylation is 1. The highest BCUT2D eigenvalue weighted by Gasteiger charge is 2.20. The number of nitrogens with zero attached hydrogens (tertiary/aromatic N) is 2. The summed E-state index contributed by atoms with van der Waals surface area (Å²) in [4.78, 5) is 15.0. The minimum absolute atomic E-state index is 0.00639. The van der Waals surface area contributed by atoms with Crippen molar-refractivity contribution in [3.8, 4) is 0 Å². The summed E-state index contributed by atoms with van der Waals surface area (Å²) in [5.41, 5.74) is 3.12. The number of carbonyl (C=O) groups excluding carboxylic acids is 1. The number of anilines is 2. The maximum absolute atomic E-state index is 11.5. The van der Waals surface area contributed by atoms with E-state index in [-0.39, 0.29) is 12.6 Å². The van der Waals surface area contributed by atoms with E-state index >= 15 is 0 Å². The number of aliphatic hydroxyl groups is 1. The van der Waals surface area contributed by atoms with Crippen LogP contribution in [0.25, 0.3) is 0 Å². The van der Waals surface area contributed by atoms with Crippen molar-refractivity contribution >= 4 is 17.3 Å². The fraction of sp³-hybridized carbons (Fsp3) is 0.417. The molecule has 1 aromatic carbocycles. The van der Waals surface area contributed by atoms with Crippen LogP contribution in [-0.4, -0.2) is 31.8 Å². The summed E-state index contributed by atoms with van der Waals surface area (Å²) in [7, 11) is 3.63. The van der Waals surface area contributed by atoms with Gasteiger partial charge in [-0.15, -0.1) is 0 Å². The maximum atomic E-state index is 11.5. The lowest BCUT2D eigenvalue weighted by Gasteiger charge is -2.27. The quantitative estimate of drug-likeness (QED) is 0.756. The fourth-order valence-corrected chi connectivity index (χ4v) is 1.96. The first kappa shape index (κ1) is 11.0. The normalized spacial score (nSPS) is 14.9. The van der Waals surface area contributed by atoms with E-state index in [0.29, 0.717) is 6.42 Å². The summed E-state index contributed by atoms with van der Waals surface area (Å²) in [6, 6.07) is 5.90. The fourth-order valence-electron chi connectivity index (χ4n) is 1.96. The molecule has 0 spiro atoms. The molecule has 0 unspecified atom stereocenters. The molecule has 1 heterocycles. The highest BCUT2D eigenvalue weighted by atomic mass is 16.3. The molecule has 4 heteroatoms. The van der Waals surface area contributed by atoms with Crippen LogP contribution in [0, 0.1) is 0 Å². The van der Waals surface area contributed by atoms with Gasteiger partial charge in [0.15, 0.2) is 0 Å². The van der Waals surface area contributed by atoms with E-state index in [1.165, 1.54) is 5.56 Å². The second-order valence-electron chi connectivity index (χ2n) is 4.11. The Bertz CT molecular complexity index is 417. The molecule has 0 aliphatic carbocycles. The molecule has 86 valence electrons. The molecule has 0 aromatic heterocycles. The molecular weight excluding hydrogens is 204 g/mol. The molecule has 1 aliphatic heterocycles. The second-order valence-corrected chi connectivity index (χ2v) is 4.11. The lowest BCUT2D eigenvalue weighted by Crippen LogP contribution is -2.31. The van der Waals surface area contributed by atoms with Gasteiger partial charge >= 0.3 is 0 Å². The molecule has 16 heavy (non-hydrogen) atoms. The first-order valence-electron chi connectivity index (χ1n) is 5.35. The summed E-state index contributed by atoms with van der Waals surface area (Å²) in [6.07, 6.45) is 1.35. The zero-order valence-corrected chi connectivity index (χ0v) is 9.60. The van der Waals surface area contributed by atoms with Crippen LogP contribution in [0.2, 0.25) is 0 Å². The Hall–Kier alpha value is -1.55. The van der Waals surface area contributed by atoms with Gasteiger partial charge in [-0.05, 0) is 30.2 Å². The van der Waals surface area contributed by atoms with Crippen molar-refractivity contribution in [1.29, 1.82) is 0 Å². The number of rotatable bonds is 2. The highest BCUT2D eigenvalue weighted by Crippen LogP contribution is 2.30. The molecule has 0 radical (unpaired) electrons. The third-order valence-corrected chi connectivity index (χ3v) is 3.06. The largest absolute Gasteiger partial charge is 0.376 e. The van der Waals surface area contributed by atoms with E-state index < -0.39 is 0 Å². The number of carbonyl (C=O) groups is 1. The van der Waals surface area contributed by atoms with Gasteiger partial charge in [-0.25, -0.2) is 0 Å². The Balaban J connectivity index is 2.37. The van der Waals surface area contributed by atoms with Crippen molar-refractivity contribution in [3.63, 3.8) is 0 Å². The number of benzene rings is 1. The monoisotopic (exact) mass is 220 g/mol. The van der Waals surface area contributed by atoms with Crippen molar-refractivity contribution in [2.75, 3.05) is 30.6 Å². The standard InChI is InChI=1S/C12H16N2O2/c1-13(8-15)10-4-5-11-9(7-10)3-6-12(16)14(11)2/h4-5,7,15H,3,6,8H2,1-2H3. The summed E-state index contributed by atoms with van der Waals surface area (Å²) < 4.78 is 0. The number of fused-ring (bicyclic) bond motifs is 1. The molecule has 2 rings (SSSR count). The first-order valence-corrected chi connectivity index (χ1v) is 5.35. The predicted octanol–water partition coefficient (Wildman–Crippen LogP) is 0.982. The number of hydrogen-bond acceptors (Lipinski definition) is 3. The van der Waals surface area contributed by atoms with Gasteiger partial charge in [0.2, 0.25) is 5.91 Å². The van der Waals surface area contributed by atoms with E-state index in [2.05, 4.69) is 0 Å². The Labute approximate surface area is 95.1 Å². The Morgan fingerprint density at radius 1 is 1.44 bits per heavy atom. The Morgan fingerprint density at radius 2 is 2.19 bits per heavy atom. The Morgan fingerprint density at radius 3 is 2.88 bits per heavy atom. The van der Waals surface area contributed by atoms with Crippen molar-refractivity contribution in [2.45, 2.75) is 12.8 Å². The molecule has 0 saturated heterocycles. The average Bonchev–Trinajstić information content (AvgIpc) is 2.32. The van der Waals surface area contributed by atoms with Crippen molar-refractivity contribution in [3.05, 3.63) is 23.8 Å². The number of hydrogen-bond donors (Lipinski definition) is 1. The molecule has 1 amide bonds. The van der Waals surface area contributed by atoms with Gasteiger partial charge in [0.05, 0.1) is 0 Å². The summed E-state index contributed by atoms with van der Waals surface area (Å²) in [5.74, 6) is 0.163. The van der Waals surface area contributed by atoms with E-state index in [9.17, 15) is 4.79 Å². The van der Waals surface area contributed by atoms with Crippen LogP contribution in [0.5, 0.6) is 0 Å². The minimum atomic E-state index is -0.00639. The van der Waals surface area contributed by atoms with Crippen molar-refractivity contribution in [2.24, 2.45) is 0 Å². The molecular formula is C12H16N2O2. The topological polar surface area (TPSA) is 43.8 Å². The summed E-state index contributed by atoms with van der Waals surface area (Å²) >= 11 is 0. The van der Waals surface area contributed by atoms with Gasteiger partial charge in [-0.2, -0.15) is 0 Å².